The van der Waals surface area contributed by atoms with Crippen molar-refractivity contribution in [2.24, 2.45) is 0 Å². The maximum Gasteiger partial charge on any atom is 0.414 e. The number of hydrogen-bond acceptors (Lipinski definition) is 17. The Hall–Kier alpha value is -8.18. The average Bonchev–Trinajstić information content (AvgIpc) is 3.99. The van der Waals surface area contributed by atoms with Gasteiger partial charge in [0, 0.05) is 55.2 Å². The molecule has 4 amide bonds. The van der Waals surface area contributed by atoms with E-state index in [4.69, 9.17) is 34.5 Å². The number of nitrogens with zero attached hydrogens (tertiary/aromatic N) is 4. The fraction of sp³-hybridized carbons (Fsp3) is 0.302. The third-order valence-electron chi connectivity index (χ3n) is 12.0. The lowest BCUT2D eigenvalue weighted by Crippen LogP contribution is -2.53. The van der Waals surface area contributed by atoms with Crippen LogP contribution in [0.1, 0.15) is 34.7 Å². The van der Waals surface area contributed by atoms with Gasteiger partial charge in [-0.2, -0.15) is 8.42 Å². The number of ether oxygens (including phenoxy) is 5. The number of benzene rings is 5. The van der Waals surface area contributed by atoms with E-state index in [2.05, 4.69) is 24.6 Å². The molecule has 5 aromatic carbocycles. The topological polar surface area (TPSA) is 260 Å². The number of nitrogens with one attached hydrogen (secondary N) is 4. The van der Waals surface area contributed by atoms with Crippen LogP contribution >= 0.6 is 0 Å². The van der Waals surface area contributed by atoms with Gasteiger partial charge in [0.25, 0.3) is 10.1 Å². The number of rotatable bonds is 17. The van der Waals surface area contributed by atoms with E-state index in [1.165, 1.54) is 4.90 Å². The lowest BCUT2D eigenvalue weighted by molar-refractivity contribution is -0.151. The summed E-state index contributed by atoms with van der Waals surface area (Å²) >= 11 is 0. The number of esters is 1. The third-order valence-corrected chi connectivity index (χ3v) is 12.6. The summed E-state index contributed by atoms with van der Waals surface area (Å²) in [7, 11) is -3.63. The van der Waals surface area contributed by atoms with Crippen molar-refractivity contribution in [3.63, 3.8) is 0 Å². The number of alkyl carbamates (subject to hydrolysis) is 2. The number of carbonyl (C=O) groups excluding carboxylic acids is 5. The van der Waals surface area contributed by atoms with E-state index >= 15 is 0 Å². The molecule has 4 N–H and O–H groups in total. The van der Waals surface area contributed by atoms with Crippen LogP contribution in [0.4, 0.5) is 30.6 Å². The zero-order valence-electron chi connectivity index (χ0n) is 41.3. The summed E-state index contributed by atoms with van der Waals surface area (Å²) in [5, 5.41) is 21.0. The molecular formula is C53H58N8O13S. The summed E-state index contributed by atoms with van der Waals surface area (Å²) in [4.78, 5) is 68.6. The first-order valence-electron chi connectivity index (χ1n) is 23.9. The molecule has 22 heteroatoms. The minimum absolute atomic E-state index is 0.0835. The van der Waals surface area contributed by atoms with Gasteiger partial charge in [0.15, 0.2) is 0 Å². The van der Waals surface area contributed by atoms with Gasteiger partial charge in [-0.25, -0.2) is 19.2 Å². The monoisotopic (exact) mass is 1050 g/mol. The number of anilines is 2. The summed E-state index contributed by atoms with van der Waals surface area (Å²) in [6.07, 6.45) is -2.62. The molecule has 3 unspecified atom stereocenters. The standard InChI is InChI=1S/C33H37N5O6.C20H21N3O7S/c1-24(31(39)42-22-25-8-4-2-5-9-25)37-18-16-36(17-19-37)20-29-21-38(33(41)44-29)28-14-12-27(13-15-28)30(34)35-32(40)43-23-26-10-6-3-7-11-26;1-31(26,27)29-13-17-11-23(20(25)30-17)16-9-7-15(8-10-16)18(21)22-19(24)28-12-14-5-3-2-4-6-14/h2-15,24,29H,16-23H2,1H3,(H2,34,35,40);2-10,17H,11-13H2,1H3,(H2,21,22,24). The summed E-state index contributed by atoms with van der Waals surface area (Å²) in [5.41, 5.74) is 4.66. The van der Waals surface area contributed by atoms with Crippen LogP contribution in [0.2, 0.25) is 0 Å². The van der Waals surface area contributed by atoms with Crippen LogP contribution in [0.3, 0.4) is 0 Å². The molecule has 5 aromatic rings. The highest BCUT2D eigenvalue weighted by Gasteiger charge is 2.36. The van der Waals surface area contributed by atoms with E-state index in [-0.39, 0.29) is 62.8 Å². The van der Waals surface area contributed by atoms with Gasteiger partial charge in [0.1, 0.15) is 56.3 Å². The number of amidine groups is 2. The fourth-order valence-electron chi connectivity index (χ4n) is 7.95. The second-order valence-electron chi connectivity index (χ2n) is 17.5. The molecule has 3 saturated heterocycles. The van der Waals surface area contributed by atoms with Gasteiger partial charge in [-0.15, -0.1) is 0 Å². The maximum atomic E-state index is 12.7. The Balaban J connectivity index is 0.000000233. The number of piperazine rings is 1. The molecule has 21 nitrogen and oxygen atoms in total. The number of hydrogen-bond donors (Lipinski definition) is 4. The lowest BCUT2D eigenvalue weighted by atomic mass is 10.1. The quantitative estimate of drug-likeness (QED) is 0.0264. The summed E-state index contributed by atoms with van der Waals surface area (Å²) in [6, 6.07) is 40.8. The number of amides is 4. The molecule has 8 rings (SSSR count). The predicted molar refractivity (Wildman–Crippen MR) is 276 cm³/mol. The average molecular weight is 1050 g/mol. The Labute approximate surface area is 434 Å². The minimum Gasteiger partial charge on any atom is -0.460 e. The number of carbonyl (C=O) groups is 5. The van der Waals surface area contributed by atoms with Crippen molar-refractivity contribution >= 4 is 63.5 Å². The van der Waals surface area contributed by atoms with Crippen LogP contribution in [0.15, 0.2) is 140 Å². The van der Waals surface area contributed by atoms with Crippen molar-refractivity contribution in [3.8, 4) is 0 Å². The zero-order valence-corrected chi connectivity index (χ0v) is 42.1. The molecule has 3 heterocycles. The summed E-state index contributed by atoms with van der Waals surface area (Å²) in [6.45, 7) is 6.12. The molecule has 0 spiro atoms. The zero-order chi connectivity index (χ0) is 53.3. The van der Waals surface area contributed by atoms with Crippen LogP contribution < -0.4 is 20.4 Å². The number of cyclic esters (lactones) is 2. The molecule has 394 valence electrons. The van der Waals surface area contributed by atoms with Gasteiger partial charge >= 0.3 is 30.3 Å². The predicted octanol–water partition coefficient (Wildman–Crippen LogP) is 6.25. The van der Waals surface area contributed by atoms with Crippen molar-refractivity contribution in [2.45, 2.75) is 45.0 Å². The van der Waals surface area contributed by atoms with E-state index in [0.717, 1.165) is 36.0 Å². The van der Waals surface area contributed by atoms with Crippen molar-refractivity contribution < 1.29 is 60.3 Å². The normalized spacial score (nSPS) is 17.1. The van der Waals surface area contributed by atoms with Gasteiger partial charge in [-0.1, -0.05) is 91.0 Å². The van der Waals surface area contributed by atoms with E-state index < -0.39 is 40.6 Å². The van der Waals surface area contributed by atoms with Gasteiger partial charge < -0.3 is 23.7 Å². The van der Waals surface area contributed by atoms with Crippen LogP contribution in [0, 0.1) is 10.8 Å². The smallest absolute Gasteiger partial charge is 0.414 e. The van der Waals surface area contributed by atoms with Crippen molar-refractivity contribution in [1.82, 2.24) is 20.4 Å². The molecule has 0 bridgehead atoms. The van der Waals surface area contributed by atoms with Crippen LogP contribution in [-0.2, 0) is 62.6 Å². The first-order chi connectivity index (χ1) is 36.1. The highest BCUT2D eigenvalue weighted by Crippen LogP contribution is 2.25. The molecule has 3 aliphatic heterocycles. The van der Waals surface area contributed by atoms with Gasteiger partial charge in [0.2, 0.25) is 0 Å². The molecule has 75 heavy (non-hydrogen) atoms. The van der Waals surface area contributed by atoms with Gasteiger partial charge in [-0.05, 0) is 72.1 Å². The Kier molecular flexibility index (Phi) is 19.0. The van der Waals surface area contributed by atoms with E-state index in [1.807, 2.05) is 97.9 Å². The van der Waals surface area contributed by atoms with E-state index in [1.54, 1.807) is 53.4 Å². The van der Waals surface area contributed by atoms with E-state index in [0.29, 0.717) is 48.7 Å². The van der Waals surface area contributed by atoms with Crippen LogP contribution in [0.5, 0.6) is 0 Å². The largest absolute Gasteiger partial charge is 0.460 e. The molecule has 0 aromatic heterocycles. The van der Waals surface area contributed by atoms with Crippen molar-refractivity contribution in [2.75, 3.05) is 68.5 Å². The lowest BCUT2D eigenvalue weighted by Gasteiger charge is -2.37. The minimum atomic E-state index is -3.63. The van der Waals surface area contributed by atoms with Crippen molar-refractivity contribution in [3.05, 3.63) is 167 Å². The van der Waals surface area contributed by atoms with Crippen LogP contribution in [-0.4, -0.2) is 137 Å². The SMILES string of the molecule is CC(C(=O)OCc1ccccc1)N1CCN(CC2CN(c3ccc(C(=N)NC(=O)OCc4ccccc4)cc3)C(=O)O2)CC1.CS(=O)(=O)OCC1CN(c2ccc(C(=N)NC(=O)OCc3ccccc3)cc2)C(=O)O1. The summed E-state index contributed by atoms with van der Waals surface area (Å²) in [5.74, 6) is -0.495. The third kappa shape index (κ3) is 16.7. The molecule has 0 saturated carbocycles. The first-order valence-corrected chi connectivity index (χ1v) is 25.7. The maximum absolute atomic E-state index is 12.7. The van der Waals surface area contributed by atoms with Gasteiger partial charge in [0.05, 0.1) is 19.3 Å². The van der Waals surface area contributed by atoms with Crippen LogP contribution in [0.25, 0.3) is 0 Å². The fourth-order valence-corrected chi connectivity index (χ4v) is 8.35. The molecule has 3 aliphatic rings. The Morgan fingerprint density at radius 1 is 0.600 bits per heavy atom. The molecule has 0 aliphatic carbocycles. The Morgan fingerprint density at radius 3 is 1.43 bits per heavy atom. The van der Waals surface area contributed by atoms with E-state index in [9.17, 15) is 32.4 Å². The highest BCUT2D eigenvalue weighted by atomic mass is 32.2. The first kappa shape index (κ1) is 54.6. The van der Waals surface area contributed by atoms with Gasteiger partial charge in [-0.3, -0.25) is 50.0 Å². The highest BCUT2D eigenvalue weighted by molar-refractivity contribution is 7.86. The molecular weight excluding hydrogens is 989 g/mol. The molecule has 0 radical (unpaired) electrons. The second-order valence-corrected chi connectivity index (χ2v) is 19.2. The Bertz CT molecular complexity index is 2880. The summed E-state index contributed by atoms with van der Waals surface area (Å²) < 4.78 is 53.3. The molecule has 3 atom stereocenters. The second kappa shape index (κ2) is 26.2. The van der Waals surface area contributed by atoms with Crippen molar-refractivity contribution in [1.29, 1.82) is 10.8 Å². The Morgan fingerprint density at radius 2 is 1.00 bits per heavy atom. The molecule has 3 fully saturated rings.